The van der Waals surface area contributed by atoms with Gasteiger partial charge in [0.05, 0.1) is 16.7 Å². The van der Waals surface area contributed by atoms with Gasteiger partial charge in [-0.2, -0.15) is 0 Å². The Morgan fingerprint density at radius 2 is 1.93 bits per heavy atom. The van der Waals surface area contributed by atoms with Gasteiger partial charge in [-0.15, -0.1) is 0 Å². The zero-order valence-electron chi connectivity index (χ0n) is 15.3. The minimum atomic E-state index is -0.754. The first-order valence-electron chi connectivity index (χ1n) is 8.65. The topological polar surface area (TPSA) is 100 Å². The van der Waals surface area contributed by atoms with Gasteiger partial charge in [-0.25, -0.2) is 0 Å². The van der Waals surface area contributed by atoms with Crippen LogP contribution in [0.1, 0.15) is 31.1 Å². The lowest BCUT2D eigenvalue weighted by molar-refractivity contribution is 0.243. The first kappa shape index (κ1) is 17.7. The first-order valence-corrected chi connectivity index (χ1v) is 8.65. The van der Waals surface area contributed by atoms with E-state index in [-0.39, 0.29) is 39.4 Å². The maximum atomic E-state index is 13.3. The Morgan fingerprint density at radius 1 is 1.18 bits per heavy atom. The minimum Gasteiger partial charge on any atom is -0.508 e. The maximum absolute atomic E-state index is 13.3. The number of phenolic OH excluding ortho intramolecular Hbond substituents is 3. The molecular weight excluding hydrogens is 360 g/mol. The number of hydrogen-bond donors (Lipinski definition) is 3. The van der Waals surface area contributed by atoms with E-state index in [0.29, 0.717) is 11.3 Å². The van der Waals surface area contributed by atoms with Gasteiger partial charge in [-0.05, 0) is 32.1 Å². The SMILES string of the molecule is C=Cc1c(O)cc2oc3c(c(=O)c2c1O)C(C=C(C)C)Oc1cc(O)ccc1-3. The van der Waals surface area contributed by atoms with Crippen molar-refractivity contribution in [3.8, 4) is 34.3 Å². The van der Waals surface area contributed by atoms with E-state index < -0.39 is 17.3 Å². The van der Waals surface area contributed by atoms with Crippen molar-refractivity contribution in [1.82, 2.24) is 0 Å². The Bertz CT molecular complexity index is 1230. The number of rotatable bonds is 2. The number of allylic oxidation sites excluding steroid dienone is 1. The van der Waals surface area contributed by atoms with Crippen molar-refractivity contribution in [2.24, 2.45) is 0 Å². The quantitative estimate of drug-likeness (QED) is 0.563. The van der Waals surface area contributed by atoms with Crippen LogP contribution in [0, 0.1) is 0 Å². The molecule has 1 aliphatic heterocycles. The predicted molar refractivity (Wildman–Crippen MR) is 106 cm³/mol. The van der Waals surface area contributed by atoms with E-state index in [1.54, 1.807) is 12.1 Å². The number of benzene rings is 2. The average Bonchev–Trinajstić information content (AvgIpc) is 2.60. The number of hydrogen-bond acceptors (Lipinski definition) is 6. The highest BCUT2D eigenvalue weighted by Gasteiger charge is 2.32. The highest BCUT2D eigenvalue weighted by atomic mass is 16.5. The maximum Gasteiger partial charge on any atom is 0.204 e. The Balaban J connectivity index is 2.16. The average molecular weight is 378 g/mol. The smallest absolute Gasteiger partial charge is 0.204 e. The molecule has 1 atom stereocenters. The summed E-state index contributed by atoms with van der Waals surface area (Å²) in [6, 6.07) is 5.78. The summed E-state index contributed by atoms with van der Waals surface area (Å²) in [7, 11) is 0. The lowest BCUT2D eigenvalue weighted by Crippen LogP contribution is -2.22. The van der Waals surface area contributed by atoms with Crippen molar-refractivity contribution < 1.29 is 24.5 Å². The molecule has 6 nitrogen and oxygen atoms in total. The van der Waals surface area contributed by atoms with Gasteiger partial charge in [0.2, 0.25) is 5.43 Å². The molecule has 28 heavy (non-hydrogen) atoms. The normalized spacial score (nSPS) is 14.7. The van der Waals surface area contributed by atoms with Crippen molar-refractivity contribution in [2.45, 2.75) is 20.0 Å². The van der Waals surface area contributed by atoms with Crippen LogP contribution in [-0.2, 0) is 0 Å². The molecule has 0 aliphatic carbocycles. The number of ether oxygens (including phenoxy) is 1. The van der Waals surface area contributed by atoms with Gasteiger partial charge in [0, 0.05) is 12.1 Å². The van der Waals surface area contributed by atoms with Crippen LogP contribution in [-0.4, -0.2) is 15.3 Å². The first-order chi connectivity index (χ1) is 13.3. The van der Waals surface area contributed by atoms with E-state index in [0.717, 1.165) is 5.57 Å². The van der Waals surface area contributed by atoms with Crippen LogP contribution in [0.4, 0.5) is 0 Å². The standard InChI is InChI=1S/C22H18O6/c1-4-12-14(24)9-17-18(20(12)25)21(26)19-16(7-10(2)3)27-15-8-11(23)5-6-13(15)22(19)28-17/h4-9,16,23-25H,1H2,2-3H3. The van der Waals surface area contributed by atoms with Crippen LogP contribution < -0.4 is 10.2 Å². The summed E-state index contributed by atoms with van der Waals surface area (Å²) >= 11 is 0. The highest BCUT2D eigenvalue weighted by molar-refractivity contribution is 5.92. The molecule has 3 aromatic rings. The largest absolute Gasteiger partial charge is 0.508 e. The second-order valence-electron chi connectivity index (χ2n) is 6.87. The molecule has 3 N–H and O–H groups in total. The molecule has 2 heterocycles. The van der Waals surface area contributed by atoms with Gasteiger partial charge in [-0.1, -0.05) is 18.2 Å². The van der Waals surface area contributed by atoms with Crippen molar-refractivity contribution in [3.05, 3.63) is 63.8 Å². The second-order valence-corrected chi connectivity index (χ2v) is 6.87. The van der Waals surface area contributed by atoms with E-state index in [4.69, 9.17) is 9.15 Å². The van der Waals surface area contributed by atoms with Crippen molar-refractivity contribution in [1.29, 1.82) is 0 Å². The lowest BCUT2D eigenvalue weighted by Gasteiger charge is -2.26. The van der Waals surface area contributed by atoms with E-state index in [9.17, 15) is 20.1 Å². The second kappa shape index (κ2) is 6.20. The van der Waals surface area contributed by atoms with E-state index in [1.807, 2.05) is 13.8 Å². The zero-order chi connectivity index (χ0) is 20.2. The van der Waals surface area contributed by atoms with Crippen molar-refractivity contribution >= 4 is 17.0 Å². The molecule has 4 rings (SSSR count). The van der Waals surface area contributed by atoms with Gasteiger partial charge >= 0.3 is 0 Å². The van der Waals surface area contributed by atoms with Crippen molar-refractivity contribution in [3.63, 3.8) is 0 Å². The van der Waals surface area contributed by atoms with Gasteiger partial charge < -0.3 is 24.5 Å². The molecule has 1 aliphatic rings. The van der Waals surface area contributed by atoms with Crippen molar-refractivity contribution in [2.75, 3.05) is 0 Å². The van der Waals surface area contributed by atoms with Gasteiger partial charge in [0.1, 0.15) is 45.8 Å². The van der Waals surface area contributed by atoms with Gasteiger partial charge in [0.25, 0.3) is 0 Å². The van der Waals surface area contributed by atoms with E-state index in [2.05, 4.69) is 6.58 Å². The molecule has 142 valence electrons. The van der Waals surface area contributed by atoms with Gasteiger partial charge in [0.15, 0.2) is 0 Å². The number of aromatic hydroxyl groups is 3. The van der Waals surface area contributed by atoms with Crippen LogP contribution in [0.5, 0.6) is 23.0 Å². The van der Waals surface area contributed by atoms with E-state index in [1.165, 1.54) is 24.3 Å². The van der Waals surface area contributed by atoms with Crippen LogP contribution in [0.25, 0.3) is 28.4 Å². The molecule has 0 saturated carbocycles. The molecule has 1 unspecified atom stereocenters. The summed E-state index contributed by atoms with van der Waals surface area (Å²) in [6.07, 6.45) is 2.28. The summed E-state index contributed by atoms with van der Waals surface area (Å²) in [5.74, 6) is 0.0169. The molecular formula is C22H18O6. The summed E-state index contributed by atoms with van der Waals surface area (Å²) in [5.41, 5.74) is 1.29. The number of fused-ring (bicyclic) bond motifs is 4. The minimum absolute atomic E-state index is 0.0206. The molecule has 0 fully saturated rings. The molecule has 0 saturated heterocycles. The monoisotopic (exact) mass is 378 g/mol. The zero-order valence-corrected chi connectivity index (χ0v) is 15.3. The molecule has 0 spiro atoms. The summed E-state index contributed by atoms with van der Waals surface area (Å²) in [5, 5.41) is 30.4. The van der Waals surface area contributed by atoms with Crippen LogP contribution in [0.3, 0.4) is 0 Å². The highest BCUT2D eigenvalue weighted by Crippen LogP contribution is 2.46. The number of phenols is 3. The fraction of sp³-hybridized carbons (Fsp3) is 0.136. The Kier molecular flexibility index (Phi) is 3.92. The lowest BCUT2D eigenvalue weighted by atomic mass is 9.95. The molecule has 1 aromatic heterocycles. The molecule has 0 radical (unpaired) electrons. The summed E-state index contributed by atoms with van der Waals surface area (Å²) in [4.78, 5) is 13.3. The summed E-state index contributed by atoms with van der Waals surface area (Å²) < 4.78 is 11.9. The third-order valence-corrected chi connectivity index (χ3v) is 4.65. The third kappa shape index (κ3) is 2.53. The fourth-order valence-corrected chi connectivity index (χ4v) is 3.42. The third-order valence-electron chi connectivity index (χ3n) is 4.65. The summed E-state index contributed by atoms with van der Waals surface area (Å²) in [6.45, 7) is 7.30. The Labute approximate surface area is 160 Å². The van der Waals surface area contributed by atoms with Crippen LogP contribution >= 0.6 is 0 Å². The predicted octanol–water partition coefficient (Wildman–Crippen LogP) is 4.62. The Morgan fingerprint density at radius 3 is 2.61 bits per heavy atom. The van der Waals surface area contributed by atoms with E-state index >= 15 is 0 Å². The van der Waals surface area contributed by atoms with Crippen LogP contribution in [0.2, 0.25) is 0 Å². The van der Waals surface area contributed by atoms with Gasteiger partial charge in [-0.3, -0.25) is 4.79 Å². The molecule has 0 bridgehead atoms. The Hall–Kier alpha value is -3.67. The molecule has 2 aromatic carbocycles. The molecule has 0 amide bonds. The fourth-order valence-electron chi connectivity index (χ4n) is 3.42. The van der Waals surface area contributed by atoms with Crippen LogP contribution in [0.15, 0.2) is 51.7 Å². The molecule has 6 heteroatoms.